The zero-order valence-electron chi connectivity index (χ0n) is 17.2. The first-order valence-corrected chi connectivity index (χ1v) is 10.6. The van der Waals surface area contributed by atoms with E-state index in [1.54, 1.807) is 13.3 Å². The average molecular weight is 395 g/mol. The second kappa shape index (κ2) is 9.58. The molecule has 0 bridgehead atoms. The highest BCUT2D eigenvalue weighted by Crippen LogP contribution is 2.25. The summed E-state index contributed by atoms with van der Waals surface area (Å²) in [7, 11) is 1.67. The Labute approximate surface area is 172 Å². The summed E-state index contributed by atoms with van der Waals surface area (Å²) in [6.45, 7) is 4.17. The molecule has 1 aromatic heterocycles. The van der Waals surface area contributed by atoms with Crippen LogP contribution in [0.5, 0.6) is 5.75 Å². The molecule has 0 spiro atoms. The van der Waals surface area contributed by atoms with Gasteiger partial charge in [0.2, 0.25) is 5.95 Å². The molecule has 0 saturated carbocycles. The van der Waals surface area contributed by atoms with Gasteiger partial charge in [-0.1, -0.05) is 0 Å². The van der Waals surface area contributed by atoms with Crippen LogP contribution in [-0.2, 0) is 0 Å². The van der Waals surface area contributed by atoms with Crippen molar-refractivity contribution in [3.8, 4) is 5.75 Å². The summed E-state index contributed by atoms with van der Waals surface area (Å²) in [5, 5.41) is 4.40. The number of rotatable bonds is 6. The van der Waals surface area contributed by atoms with Crippen LogP contribution in [0.3, 0.4) is 0 Å². The minimum absolute atomic E-state index is 0.742. The number of hydrogen-bond acceptors (Lipinski definition) is 7. The molecule has 29 heavy (non-hydrogen) atoms. The van der Waals surface area contributed by atoms with E-state index in [2.05, 4.69) is 20.3 Å². The SMILES string of the molecule is COc1ccc(/C=N/Nc2cc(N3CCCCC3)nc(N3CCCCC3)n2)cc1. The van der Waals surface area contributed by atoms with Gasteiger partial charge in [-0.15, -0.1) is 0 Å². The largest absolute Gasteiger partial charge is 0.497 e. The van der Waals surface area contributed by atoms with Crippen molar-refractivity contribution in [3.63, 3.8) is 0 Å². The molecule has 7 nitrogen and oxygen atoms in total. The maximum atomic E-state index is 5.20. The van der Waals surface area contributed by atoms with Crippen LogP contribution in [0.15, 0.2) is 35.4 Å². The maximum Gasteiger partial charge on any atom is 0.229 e. The van der Waals surface area contributed by atoms with Gasteiger partial charge >= 0.3 is 0 Å². The second-order valence-electron chi connectivity index (χ2n) is 7.65. The van der Waals surface area contributed by atoms with Crippen molar-refractivity contribution in [2.75, 3.05) is 48.5 Å². The molecular weight excluding hydrogens is 364 g/mol. The molecule has 2 fully saturated rings. The van der Waals surface area contributed by atoms with Gasteiger partial charge in [0.05, 0.1) is 13.3 Å². The molecule has 0 amide bonds. The van der Waals surface area contributed by atoms with E-state index >= 15 is 0 Å². The van der Waals surface area contributed by atoms with E-state index in [4.69, 9.17) is 14.7 Å². The van der Waals surface area contributed by atoms with E-state index in [0.717, 1.165) is 55.1 Å². The van der Waals surface area contributed by atoms with Crippen molar-refractivity contribution >= 4 is 23.8 Å². The van der Waals surface area contributed by atoms with E-state index in [1.165, 1.54) is 38.5 Å². The molecule has 2 aliphatic heterocycles. The number of anilines is 3. The smallest absolute Gasteiger partial charge is 0.229 e. The summed E-state index contributed by atoms with van der Waals surface area (Å²) in [4.78, 5) is 14.3. The summed E-state index contributed by atoms with van der Waals surface area (Å²) in [5.74, 6) is 3.39. The Hall–Kier alpha value is -2.83. The number of ether oxygens (including phenoxy) is 1. The predicted molar refractivity (Wildman–Crippen MR) is 118 cm³/mol. The summed E-state index contributed by atoms with van der Waals surface area (Å²) in [6, 6.07) is 9.82. The summed E-state index contributed by atoms with van der Waals surface area (Å²) in [6.07, 6.45) is 9.24. The van der Waals surface area contributed by atoms with Crippen molar-refractivity contribution in [3.05, 3.63) is 35.9 Å². The fourth-order valence-corrected chi connectivity index (χ4v) is 3.86. The lowest BCUT2D eigenvalue weighted by Crippen LogP contribution is -2.33. The highest BCUT2D eigenvalue weighted by molar-refractivity contribution is 5.80. The molecule has 0 unspecified atom stereocenters. The van der Waals surface area contributed by atoms with Gasteiger partial charge in [-0.05, 0) is 68.4 Å². The van der Waals surface area contributed by atoms with Crippen LogP contribution in [0.1, 0.15) is 44.1 Å². The van der Waals surface area contributed by atoms with E-state index in [-0.39, 0.29) is 0 Å². The third-order valence-corrected chi connectivity index (χ3v) is 5.53. The average Bonchev–Trinajstić information content (AvgIpc) is 2.80. The Kier molecular flexibility index (Phi) is 6.44. The molecule has 7 heteroatoms. The number of hydrogen-bond donors (Lipinski definition) is 1. The highest BCUT2D eigenvalue weighted by Gasteiger charge is 2.19. The van der Waals surface area contributed by atoms with Crippen LogP contribution in [0.25, 0.3) is 0 Å². The van der Waals surface area contributed by atoms with E-state index in [0.29, 0.717) is 0 Å². The minimum Gasteiger partial charge on any atom is -0.497 e. The Bertz CT molecular complexity index is 774. The molecule has 1 aromatic carbocycles. The van der Waals surface area contributed by atoms with Crippen LogP contribution in [0.4, 0.5) is 17.6 Å². The number of nitrogens with one attached hydrogen (secondary N) is 1. The summed E-state index contributed by atoms with van der Waals surface area (Å²) >= 11 is 0. The van der Waals surface area contributed by atoms with Gasteiger partial charge in [-0.2, -0.15) is 15.1 Å². The Morgan fingerprint density at radius 1 is 0.897 bits per heavy atom. The Balaban J connectivity index is 1.52. The van der Waals surface area contributed by atoms with E-state index < -0.39 is 0 Å². The fourth-order valence-electron chi connectivity index (χ4n) is 3.86. The molecule has 2 saturated heterocycles. The quantitative estimate of drug-likeness (QED) is 0.592. The maximum absolute atomic E-state index is 5.20. The molecule has 4 rings (SSSR count). The number of aromatic nitrogens is 2. The Morgan fingerprint density at radius 2 is 1.55 bits per heavy atom. The number of piperidine rings is 2. The minimum atomic E-state index is 0.742. The number of benzene rings is 1. The standard InChI is InChI=1S/C22H30N6O/c1-29-19-10-8-18(9-11-19)17-23-26-20-16-21(27-12-4-2-5-13-27)25-22(24-20)28-14-6-3-7-15-28/h8-11,16-17H,2-7,12-15H2,1H3,(H,24,25,26)/b23-17+. The molecule has 0 radical (unpaired) electrons. The van der Waals surface area contributed by atoms with Crippen molar-refractivity contribution in [1.82, 2.24) is 9.97 Å². The lowest BCUT2D eigenvalue weighted by Gasteiger charge is -2.31. The number of nitrogens with zero attached hydrogens (tertiary/aromatic N) is 5. The second-order valence-corrected chi connectivity index (χ2v) is 7.65. The van der Waals surface area contributed by atoms with E-state index in [1.807, 2.05) is 30.3 Å². The lowest BCUT2D eigenvalue weighted by molar-refractivity contribution is 0.415. The van der Waals surface area contributed by atoms with Gasteiger partial charge in [0, 0.05) is 32.2 Å². The molecule has 0 atom stereocenters. The molecular formula is C22H30N6O. The zero-order chi connectivity index (χ0) is 19.9. The lowest BCUT2D eigenvalue weighted by atomic mass is 10.1. The molecule has 3 heterocycles. The first-order chi connectivity index (χ1) is 14.3. The monoisotopic (exact) mass is 394 g/mol. The fraction of sp³-hybridized carbons (Fsp3) is 0.500. The molecule has 1 N–H and O–H groups in total. The summed E-state index contributed by atoms with van der Waals surface area (Å²) in [5.41, 5.74) is 4.11. The normalized spacial score (nSPS) is 17.6. The Morgan fingerprint density at radius 3 is 2.21 bits per heavy atom. The predicted octanol–water partition coefficient (Wildman–Crippen LogP) is 3.91. The summed E-state index contributed by atoms with van der Waals surface area (Å²) < 4.78 is 5.20. The van der Waals surface area contributed by atoms with Gasteiger partial charge < -0.3 is 14.5 Å². The van der Waals surface area contributed by atoms with Gasteiger partial charge in [0.25, 0.3) is 0 Å². The van der Waals surface area contributed by atoms with Crippen molar-refractivity contribution < 1.29 is 4.74 Å². The van der Waals surface area contributed by atoms with Gasteiger partial charge in [0.1, 0.15) is 11.6 Å². The number of hydrazone groups is 1. The number of methoxy groups -OCH3 is 1. The van der Waals surface area contributed by atoms with Crippen molar-refractivity contribution in [2.24, 2.45) is 5.10 Å². The van der Waals surface area contributed by atoms with Crippen molar-refractivity contribution in [2.45, 2.75) is 38.5 Å². The highest BCUT2D eigenvalue weighted by atomic mass is 16.5. The molecule has 154 valence electrons. The van der Waals surface area contributed by atoms with E-state index in [9.17, 15) is 0 Å². The third kappa shape index (κ3) is 5.16. The first kappa shape index (κ1) is 19.5. The first-order valence-electron chi connectivity index (χ1n) is 10.6. The van der Waals surface area contributed by atoms with Crippen LogP contribution in [0.2, 0.25) is 0 Å². The van der Waals surface area contributed by atoms with Gasteiger partial charge in [-0.3, -0.25) is 5.43 Å². The molecule has 2 aliphatic rings. The molecule has 2 aromatic rings. The van der Waals surface area contributed by atoms with Crippen LogP contribution >= 0.6 is 0 Å². The van der Waals surface area contributed by atoms with Crippen LogP contribution in [-0.4, -0.2) is 49.5 Å². The topological polar surface area (TPSA) is 65.9 Å². The van der Waals surface area contributed by atoms with Gasteiger partial charge in [-0.25, -0.2) is 0 Å². The van der Waals surface area contributed by atoms with Gasteiger partial charge in [0.15, 0.2) is 5.82 Å². The third-order valence-electron chi connectivity index (χ3n) is 5.53. The van der Waals surface area contributed by atoms with Crippen LogP contribution in [0, 0.1) is 0 Å². The zero-order valence-corrected chi connectivity index (χ0v) is 17.2. The van der Waals surface area contributed by atoms with Crippen LogP contribution < -0.4 is 20.0 Å². The van der Waals surface area contributed by atoms with Crippen molar-refractivity contribution in [1.29, 1.82) is 0 Å². The molecule has 0 aliphatic carbocycles.